The Balaban J connectivity index is 1.59. The smallest absolute Gasteiger partial charge is 0.277 e. The third-order valence-electron chi connectivity index (χ3n) is 3.32. The molecule has 0 aliphatic carbocycles. The number of nitrogens with one attached hydrogen (secondary N) is 1. The van der Waals surface area contributed by atoms with Gasteiger partial charge in [0.25, 0.3) is 5.22 Å². The third-order valence-corrected chi connectivity index (χ3v) is 4.47. The van der Waals surface area contributed by atoms with Gasteiger partial charge in [0.1, 0.15) is 5.75 Å². The number of aromatic hydroxyl groups is 1. The number of benzene rings is 2. The molecular weight excluding hydrogens is 362 g/mol. The number of phenols is 1. The number of anilines is 1. The van der Waals surface area contributed by atoms with Gasteiger partial charge in [-0.25, -0.2) is 0 Å². The van der Waals surface area contributed by atoms with Crippen LogP contribution in [0.1, 0.15) is 5.56 Å². The van der Waals surface area contributed by atoms with Crippen LogP contribution >= 0.6 is 23.4 Å². The molecule has 1 aromatic heterocycles. The van der Waals surface area contributed by atoms with Crippen LogP contribution in [0.3, 0.4) is 0 Å². The molecule has 128 valence electrons. The van der Waals surface area contributed by atoms with Gasteiger partial charge in [0.15, 0.2) is 0 Å². The fourth-order valence-electron chi connectivity index (χ4n) is 2.07. The summed E-state index contributed by atoms with van der Waals surface area (Å²) in [5.41, 5.74) is 1.95. The van der Waals surface area contributed by atoms with Crippen LogP contribution in [-0.2, 0) is 4.79 Å². The number of hydrogen-bond donors (Lipinski definition) is 2. The molecular formula is C17H14ClN3O3S. The van der Waals surface area contributed by atoms with Gasteiger partial charge in [0, 0.05) is 5.69 Å². The number of nitrogens with zero attached hydrogens (tertiary/aromatic N) is 2. The Kier molecular flexibility index (Phi) is 5.25. The van der Waals surface area contributed by atoms with E-state index in [0.29, 0.717) is 27.7 Å². The lowest BCUT2D eigenvalue weighted by atomic mass is 10.2. The van der Waals surface area contributed by atoms with Gasteiger partial charge in [-0.15, -0.1) is 10.2 Å². The first-order chi connectivity index (χ1) is 12.0. The second-order valence-corrected chi connectivity index (χ2v) is 6.52. The van der Waals surface area contributed by atoms with Gasteiger partial charge in [-0.2, -0.15) is 0 Å². The van der Waals surface area contributed by atoms with Crippen molar-refractivity contribution in [3.8, 4) is 17.2 Å². The second kappa shape index (κ2) is 7.58. The van der Waals surface area contributed by atoms with Crippen molar-refractivity contribution < 1.29 is 14.3 Å². The fraction of sp³-hybridized carbons (Fsp3) is 0.118. The lowest BCUT2D eigenvalue weighted by Gasteiger charge is -2.06. The number of carbonyl (C=O) groups excluding carboxylic acids is 1. The van der Waals surface area contributed by atoms with Crippen LogP contribution in [0.4, 0.5) is 5.69 Å². The van der Waals surface area contributed by atoms with Gasteiger partial charge in [0.05, 0.1) is 16.3 Å². The molecule has 0 saturated carbocycles. The summed E-state index contributed by atoms with van der Waals surface area (Å²) in [6, 6.07) is 12.0. The van der Waals surface area contributed by atoms with Crippen molar-refractivity contribution >= 4 is 35.0 Å². The molecule has 8 heteroatoms. The Morgan fingerprint density at radius 1 is 1.28 bits per heavy atom. The minimum atomic E-state index is -0.215. The van der Waals surface area contributed by atoms with E-state index >= 15 is 0 Å². The second-order valence-electron chi connectivity index (χ2n) is 5.19. The van der Waals surface area contributed by atoms with Crippen molar-refractivity contribution in [2.24, 2.45) is 0 Å². The number of halogens is 1. The van der Waals surface area contributed by atoms with E-state index < -0.39 is 0 Å². The lowest BCUT2D eigenvalue weighted by Crippen LogP contribution is -2.14. The molecule has 3 aromatic rings. The van der Waals surface area contributed by atoms with E-state index in [1.54, 1.807) is 31.2 Å². The van der Waals surface area contributed by atoms with Crippen molar-refractivity contribution in [2.75, 3.05) is 11.1 Å². The quantitative estimate of drug-likeness (QED) is 0.514. The molecule has 0 spiro atoms. The van der Waals surface area contributed by atoms with Crippen molar-refractivity contribution in [3.63, 3.8) is 0 Å². The Morgan fingerprint density at radius 3 is 2.84 bits per heavy atom. The largest absolute Gasteiger partial charge is 0.508 e. The number of thioether (sulfide) groups is 1. The van der Waals surface area contributed by atoms with Crippen molar-refractivity contribution in [1.29, 1.82) is 0 Å². The highest BCUT2D eigenvalue weighted by atomic mass is 35.5. The van der Waals surface area contributed by atoms with Gasteiger partial charge in [-0.3, -0.25) is 4.79 Å². The van der Waals surface area contributed by atoms with E-state index in [1.165, 1.54) is 6.07 Å². The maximum atomic E-state index is 12.0. The highest BCUT2D eigenvalue weighted by Crippen LogP contribution is 2.28. The van der Waals surface area contributed by atoms with Crippen molar-refractivity contribution in [2.45, 2.75) is 12.1 Å². The average molecular weight is 376 g/mol. The molecule has 1 amide bonds. The van der Waals surface area contributed by atoms with Crippen LogP contribution in [0.5, 0.6) is 5.75 Å². The van der Waals surface area contributed by atoms with Crippen LogP contribution in [0.15, 0.2) is 52.1 Å². The highest BCUT2D eigenvalue weighted by Gasteiger charge is 2.13. The molecule has 0 unspecified atom stereocenters. The molecule has 0 aliphatic heterocycles. The first-order valence-electron chi connectivity index (χ1n) is 7.33. The Hall–Kier alpha value is -2.51. The Bertz CT molecular complexity index is 914. The van der Waals surface area contributed by atoms with Crippen LogP contribution < -0.4 is 5.32 Å². The van der Waals surface area contributed by atoms with Crippen LogP contribution in [0.25, 0.3) is 11.5 Å². The summed E-state index contributed by atoms with van der Waals surface area (Å²) in [5, 5.41) is 20.9. The molecule has 0 radical (unpaired) electrons. The molecule has 0 saturated heterocycles. The van der Waals surface area contributed by atoms with Crippen molar-refractivity contribution in [3.05, 3.63) is 53.1 Å². The fourth-order valence-corrected chi connectivity index (χ4v) is 2.85. The molecule has 2 N–H and O–H groups in total. The van der Waals surface area contributed by atoms with E-state index in [0.717, 1.165) is 11.8 Å². The number of rotatable bonds is 5. The first-order valence-corrected chi connectivity index (χ1v) is 8.70. The summed E-state index contributed by atoms with van der Waals surface area (Å²) in [4.78, 5) is 12.0. The molecule has 6 nitrogen and oxygen atoms in total. The zero-order valence-electron chi connectivity index (χ0n) is 13.2. The van der Waals surface area contributed by atoms with Crippen LogP contribution in [-0.4, -0.2) is 27.0 Å². The number of aromatic nitrogens is 2. The average Bonchev–Trinajstić information content (AvgIpc) is 3.05. The van der Waals surface area contributed by atoms with Gasteiger partial charge in [0.2, 0.25) is 11.8 Å². The summed E-state index contributed by atoms with van der Waals surface area (Å²) < 4.78 is 5.53. The number of carbonyl (C=O) groups is 1. The van der Waals surface area contributed by atoms with E-state index in [4.69, 9.17) is 16.0 Å². The van der Waals surface area contributed by atoms with Gasteiger partial charge in [-0.05, 0) is 42.8 Å². The number of hydrogen-bond acceptors (Lipinski definition) is 6. The zero-order chi connectivity index (χ0) is 17.8. The molecule has 1 heterocycles. The molecule has 0 fully saturated rings. The Morgan fingerprint density at radius 2 is 2.08 bits per heavy atom. The summed E-state index contributed by atoms with van der Waals surface area (Å²) in [7, 11) is 0. The van der Waals surface area contributed by atoms with E-state index in [1.807, 2.05) is 12.1 Å². The summed E-state index contributed by atoms with van der Waals surface area (Å²) in [6.07, 6.45) is 0. The standard InChI is InChI=1S/C17H14ClN3O3S/c1-10-8-11(6-7-14(10)22)19-15(23)9-25-17-21-20-16(24-17)12-4-2-3-5-13(12)18/h2-8,22H,9H2,1H3,(H,19,23). The molecule has 25 heavy (non-hydrogen) atoms. The topological polar surface area (TPSA) is 88.3 Å². The summed E-state index contributed by atoms with van der Waals surface area (Å²) in [5.74, 6) is 0.393. The predicted molar refractivity (Wildman–Crippen MR) is 96.9 cm³/mol. The van der Waals surface area contributed by atoms with Crippen LogP contribution in [0, 0.1) is 6.92 Å². The Labute approximate surface area is 153 Å². The molecule has 0 atom stereocenters. The summed E-state index contributed by atoms with van der Waals surface area (Å²) >= 11 is 7.22. The first kappa shape index (κ1) is 17.3. The normalized spacial score (nSPS) is 10.6. The highest BCUT2D eigenvalue weighted by molar-refractivity contribution is 7.99. The van der Waals surface area contributed by atoms with Crippen LogP contribution in [0.2, 0.25) is 5.02 Å². The molecule has 0 bridgehead atoms. The zero-order valence-corrected chi connectivity index (χ0v) is 14.8. The monoisotopic (exact) mass is 375 g/mol. The molecule has 2 aromatic carbocycles. The van der Waals surface area contributed by atoms with Gasteiger partial charge in [-0.1, -0.05) is 35.5 Å². The van der Waals surface area contributed by atoms with E-state index in [2.05, 4.69) is 15.5 Å². The third kappa shape index (κ3) is 4.32. The SMILES string of the molecule is Cc1cc(NC(=O)CSc2nnc(-c3ccccc3Cl)o2)ccc1O. The lowest BCUT2D eigenvalue weighted by molar-refractivity contribution is -0.113. The summed E-state index contributed by atoms with van der Waals surface area (Å²) in [6.45, 7) is 1.76. The molecule has 0 aliphatic rings. The van der Waals surface area contributed by atoms with Gasteiger partial charge < -0.3 is 14.8 Å². The number of aryl methyl sites for hydroxylation is 1. The minimum Gasteiger partial charge on any atom is -0.508 e. The van der Waals surface area contributed by atoms with E-state index in [9.17, 15) is 9.90 Å². The predicted octanol–water partition coefficient (Wildman–Crippen LogP) is 4.13. The maximum Gasteiger partial charge on any atom is 0.277 e. The number of amides is 1. The maximum absolute atomic E-state index is 12.0. The van der Waals surface area contributed by atoms with Crippen molar-refractivity contribution in [1.82, 2.24) is 10.2 Å². The number of phenolic OH excluding ortho intramolecular Hbond substituents is 1. The van der Waals surface area contributed by atoms with Gasteiger partial charge >= 0.3 is 0 Å². The molecule has 3 rings (SSSR count). The van der Waals surface area contributed by atoms with E-state index in [-0.39, 0.29) is 22.6 Å². The minimum absolute atomic E-state index is 0.115.